The van der Waals surface area contributed by atoms with Crippen LogP contribution in [0.1, 0.15) is 24.9 Å². The number of nitrogens with one attached hydrogen (secondary N) is 1. The summed E-state index contributed by atoms with van der Waals surface area (Å²) in [4.78, 5) is 0. The average molecular weight is 259 g/mol. The van der Waals surface area contributed by atoms with Crippen molar-refractivity contribution >= 4 is 5.69 Å². The van der Waals surface area contributed by atoms with Crippen LogP contribution in [-0.2, 0) is 0 Å². The van der Waals surface area contributed by atoms with E-state index in [2.05, 4.69) is 12.2 Å². The molecule has 1 atom stereocenters. The van der Waals surface area contributed by atoms with E-state index in [4.69, 9.17) is 4.74 Å². The second-order valence-electron chi connectivity index (χ2n) is 4.39. The van der Waals surface area contributed by atoms with Gasteiger partial charge < -0.3 is 10.1 Å². The Morgan fingerprint density at radius 1 is 1.16 bits per heavy atom. The summed E-state index contributed by atoms with van der Waals surface area (Å²) < 4.78 is 18.5. The van der Waals surface area contributed by atoms with Crippen LogP contribution in [0.25, 0.3) is 0 Å². The third-order valence-electron chi connectivity index (χ3n) is 3.07. The van der Waals surface area contributed by atoms with Crippen molar-refractivity contribution in [1.82, 2.24) is 0 Å². The van der Waals surface area contributed by atoms with E-state index in [0.29, 0.717) is 0 Å². The summed E-state index contributed by atoms with van der Waals surface area (Å²) in [7, 11) is 1.64. The van der Waals surface area contributed by atoms with E-state index in [-0.39, 0.29) is 11.9 Å². The SMILES string of the molecule is CCC(Nc1cccc(OC)c1)c1cccc(F)c1. The van der Waals surface area contributed by atoms with Gasteiger partial charge in [-0.05, 0) is 36.2 Å². The number of benzene rings is 2. The Labute approximate surface area is 113 Å². The number of hydrogen-bond donors (Lipinski definition) is 1. The highest BCUT2D eigenvalue weighted by Gasteiger charge is 2.10. The Morgan fingerprint density at radius 3 is 2.63 bits per heavy atom. The first-order valence-corrected chi connectivity index (χ1v) is 6.39. The summed E-state index contributed by atoms with van der Waals surface area (Å²) in [5, 5.41) is 3.40. The summed E-state index contributed by atoms with van der Waals surface area (Å²) in [5.41, 5.74) is 1.92. The molecule has 1 N–H and O–H groups in total. The number of hydrogen-bond acceptors (Lipinski definition) is 2. The molecule has 0 aliphatic heterocycles. The first kappa shape index (κ1) is 13.4. The Hall–Kier alpha value is -2.03. The van der Waals surface area contributed by atoms with Crippen molar-refractivity contribution in [3.05, 3.63) is 59.9 Å². The third-order valence-corrected chi connectivity index (χ3v) is 3.07. The highest BCUT2D eigenvalue weighted by molar-refractivity contribution is 5.49. The average Bonchev–Trinajstić information content (AvgIpc) is 2.45. The van der Waals surface area contributed by atoms with Crippen molar-refractivity contribution < 1.29 is 9.13 Å². The predicted octanol–water partition coefficient (Wildman–Crippen LogP) is 4.40. The molecule has 3 heteroatoms. The van der Waals surface area contributed by atoms with Gasteiger partial charge in [0.2, 0.25) is 0 Å². The first-order valence-electron chi connectivity index (χ1n) is 6.39. The molecule has 0 bridgehead atoms. The van der Waals surface area contributed by atoms with Crippen LogP contribution < -0.4 is 10.1 Å². The van der Waals surface area contributed by atoms with E-state index in [9.17, 15) is 4.39 Å². The number of methoxy groups -OCH3 is 1. The van der Waals surface area contributed by atoms with Crippen LogP contribution in [0.2, 0.25) is 0 Å². The second-order valence-corrected chi connectivity index (χ2v) is 4.39. The van der Waals surface area contributed by atoms with E-state index in [1.54, 1.807) is 19.2 Å². The van der Waals surface area contributed by atoms with Crippen LogP contribution in [-0.4, -0.2) is 7.11 Å². The number of rotatable bonds is 5. The van der Waals surface area contributed by atoms with Crippen LogP contribution in [0, 0.1) is 5.82 Å². The lowest BCUT2D eigenvalue weighted by Gasteiger charge is -2.19. The zero-order valence-corrected chi connectivity index (χ0v) is 11.2. The smallest absolute Gasteiger partial charge is 0.123 e. The van der Waals surface area contributed by atoms with Gasteiger partial charge in [-0.25, -0.2) is 4.39 Å². The molecule has 1 unspecified atom stereocenters. The topological polar surface area (TPSA) is 21.3 Å². The molecular weight excluding hydrogens is 241 g/mol. The largest absolute Gasteiger partial charge is 0.497 e. The van der Waals surface area contributed by atoms with Gasteiger partial charge in [-0.2, -0.15) is 0 Å². The van der Waals surface area contributed by atoms with Crippen molar-refractivity contribution in [2.45, 2.75) is 19.4 Å². The standard InChI is InChI=1S/C16H18FNO/c1-3-16(12-6-4-7-13(17)10-12)18-14-8-5-9-15(11-14)19-2/h4-11,16,18H,3H2,1-2H3. The lowest BCUT2D eigenvalue weighted by Crippen LogP contribution is -2.09. The van der Waals surface area contributed by atoms with Gasteiger partial charge in [0, 0.05) is 11.8 Å². The van der Waals surface area contributed by atoms with Crippen molar-refractivity contribution in [2.24, 2.45) is 0 Å². The molecule has 0 aliphatic rings. The highest BCUT2D eigenvalue weighted by Crippen LogP contribution is 2.25. The normalized spacial score (nSPS) is 11.9. The summed E-state index contributed by atoms with van der Waals surface area (Å²) in [6.45, 7) is 2.07. The fraction of sp³-hybridized carbons (Fsp3) is 0.250. The van der Waals surface area contributed by atoms with E-state index < -0.39 is 0 Å². The minimum atomic E-state index is -0.205. The minimum absolute atomic E-state index is 0.0859. The Balaban J connectivity index is 2.18. The van der Waals surface area contributed by atoms with Crippen LogP contribution in [0.4, 0.5) is 10.1 Å². The third kappa shape index (κ3) is 3.47. The Kier molecular flexibility index (Phi) is 4.39. The lowest BCUT2D eigenvalue weighted by molar-refractivity contribution is 0.415. The predicted molar refractivity (Wildman–Crippen MR) is 76.0 cm³/mol. The van der Waals surface area contributed by atoms with Crippen molar-refractivity contribution in [3.63, 3.8) is 0 Å². The number of halogens is 1. The first-order chi connectivity index (χ1) is 9.22. The van der Waals surface area contributed by atoms with Gasteiger partial charge in [-0.3, -0.25) is 0 Å². The molecule has 100 valence electrons. The fourth-order valence-corrected chi connectivity index (χ4v) is 2.06. The minimum Gasteiger partial charge on any atom is -0.497 e. The molecular formula is C16H18FNO. The van der Waals surface area contributed by atoms with Gasteiger partial charge >= 0.3 is 0 Å². The van der Waals surface area contributed by atoms with Crippen LogP contribution >= 0.6 is 0 Å². The van der Waals surface area contributed by atoms with E-state index >= 15 is 0 Å². The molecule has 0 aliphatic carbocycles. The Bertz CT molecular complexity index is 542. The number of anilines is 1. The van der Waals surface area contributed by atoms with Crippen LogP contribution in [0.15, 0.2) is 48.5 Å². The van der Waals surface area contributed by atoms with E-state index in [1.807, 2.05) is 30.3 Å². The maximum Gasteiger partial charge on any atom is 0.123 e. The van der Waals surface area contributed by atoms with Crippen molar-refractivity contribution in [2.75, 3.05) is 12.4 Å². The molecule has 0 spiro atoms. The zero-order valence-electron chi connectivity index (χ0n) is 11.2. The fourth-order valence-electron chi connectivity index (χ4n) is 2.06. The number of ether oxygens (including phenoxy) is 1. The monoisotopic (exact) mass is 259 g/mol. The molecule has 2 aromatic carbocycles. The molecule has 0 aromatic heterocycles. The van der Waals surface area contributed by atoms with Gasteiger partial charge in [0.05, 0.1) is 13.2 Å². The Morgan fingerprint density at radius 2 is 1.95 bits per heavy atom. The molecule has 0 saturated heterocycles. The maximum atomic E-state index is 13.3. The lowest BCUT2D eigenvalue weighted by atomic mass is 10.0. The molecule has 0 fully saturated rings. The maximum absolute atomic E-state index is 13.3. The van der Waals surface area contributed by atoms with Crippen molar-refractivity contribution in [3.8, 4) is 5.75 Å². The van der Waals surface area contributed by atoms with Crippen LogP contribution in [0.5, 0.6) is 5.75 Å². The van der Waals surface area contributed by atoms with Gasteiger partial charge in [0.15, 0.2) is 0 Å². The van der Waals surface area contributed by atoms with E-state index in [0.717, 1.165) is 23.4 Å². The molecule has 0 saturated carbocycles. The molecule has 0 heterocycles. The molecule has 19 heavy (non-hydrogen) atoms. The summed E-state index contributed by atoms with van der Waals surface area (Å²) in [5.74, 6) is 0.600. The molecule has 2 nitrogen and oxygen atoms in total. The second kappa shape index (κ2) is 6.23. The van der Waals surface area contributed by atoms with Gasteiger partial charge in [-0.15, -0.1) is 0 Å². The van der Waals surface area contributed by atoms with Crippen molar-refractivity contribution in [1.29, 1.82) is 0 Å². The molecule has 0 amide bonds. The van der Waals surface area contributed by atoms with E-state index in [1.165, 1.54) is 6.07 Å². The summed E-state index contributed by atoms with van der Waals surface area (Å²) in [6, 6.07) is 14.5. The zero-order chi connectivity index (χ0) is 13.7. The summed E-state index contributed by atoms with van der Waals surface area (Å²) in [6.07, 6.45) is 0.876. The molecule has 2 aromatic rings. The highest BCUT2D eigenvalue weighted by atomic mass is 19.1. The summed E-state index contributed by atoms with van der Waals surface area (Å²) >= 11 is 0. The molecule has 2 rings (SSSR count). The molecule has 0 radical (unpaired) electrons. The quantitative estimate of drug-likeness (QED) is 0.859. The van der Waals surface area contributed by atoms with Gasteiger partial charge in [0.1, 0.15) is 11.6 Å². The van der Waals surface area contributed by atoms with Crippen LogP contribution in [0.3, 0.4) is 0 Å². The van der Waals surface area contributed by atoms with Gasteiger partial charge in [0.25, 0.3) is 0 Å². The van der Waals surface area contributed by atoms with Gasteiger partial charge in [-0.1, -0.05) is 25.1 Å².